The van der Waals surface area contributed by atoms with Gasteiger partial charge in [0.2, 0.25) is 0 Å². The first-order chi connectivity index (χ1) is 14.0. The van der Waals surface area contributed by atoms with Crippen molar-refractivity contribution < 1.29 is 19.1 Å². The molecule has 0 spiro atoms. The molecule has 7 nitrogen and oxygen atoms in total. The van der Waals surface area contributed by atoms with E-state index in [0.717, 1.165) is 27.6 Å². The number of hydrogen-bond donors (Lipinski definition) is 1. The van der Waals surface area contributed by atoms with E-state index in [4.69, 9.17) is 9.47 Å². The lowest BCUT2D eigenvalue weighted by Crippen LogP contribution is -2.20. The van der Waals surface area contributed by atoms with E-state index >= 15 is 0 Å². The van der Waals surface area contributed by atoms with Crippen LogP contribution in [0.3, 0.4) is 0 Å². The summed E-state index contributed by atoms with van der Waals surface area (Å²) in [6.45, 7) is 4.24. The second-order valence-electron chi connectivity index (χ2n) is 6.94. The fourth-order valence-electron chi connectivity index (χ4n) is 3.04. The van der Waals surface area contributed by atoms with Crippen molar-refractivity contribution in [2.24, 2.45) is 4.99 Å². The van der Waals surface area contributed by atoms with E-state index in [1.807, 2.05) is 42.5 Å². The van der Waals surface area contributed by atoms with Crippen LogP contribution in [0.25, 0.3) is 10.9 Å². The summed E-state index contributed by atoms with van der Waals surface area (Å²) in [6.07, 6.45) is 1.05. The highest BCUT2D eigenvalue weighted by Crippen LogP contribution is 2.26. The lowest BCUT2D eigenvalue weighted by molar-refractivity contribution is -0.132. The normalized spacial score (nSPS) is 11.7. The van der Waals surface area contributed by atoms with E-state index in [9.17, 15) is 9.59 Å². The zero-order valence-electron chi connectivity index (χ0n) is 16.6. The van der Waals surface area contributed by atoms with Crippen molar-refractivity contribution in [3.8, 4) is 0 Å². The van der Waals surface area contributed by atoms with Gasteiger partial charge in [-0.25, -0.2) is 9.59 Å². The van der Waals surface area contributed by atoms with Crippen LogP contribution in [0, 0.1) is 0 Å². The van der Waals surface area contributed by atoms with E-state index in [-0.39, 0.29) is 24.7 Å². The summed E-state index contributed by atoms with van der Waals surface area (Å²) in [5.74, 6) is -0.410. The number of methoxy groups -OCH3 is 1. The summed E-state index contributed by atoms with van der Waals surface area (Å²) < 4.78 is 9.96. The Kier molecular flexibility index (Phi) is 6.39. The number of carbonyl (C=O) groups is 2. The highest BCUT2D eigenvalue weighted by atomic mass is 16.5. The Balaban J connectivity index is 1.82. The predicted octanol–water partition coefficient (Wildman–Crippen LogP) is 4.18. The molecule has 0 atom stereocenters. The number of carbonyl (C=O) groups excluding carboxylic acids is 2. The molecular formula is C22H23N3O4. The molecule has 0 radical (unpaired) electrons. The monoisotopic (exact) mass is 393 g/mol. The number of esters is 1. The zero-order valence-corrected chi connectivity index (χ0v) is 16.6. The molecule has 29 heavy (non-hydrogen) atoms. The van der Waals surface area contributed by atoms with Crippen LogP contribution < -0.4 is 0 Å². The number of nitrogens with one attached hydrogen (secondary N) is 1. The van der Waals surface area contributed by atoms with E-state index in [1.165, 1.54) is 7.11 Å². The summed E-state index contributed by atoms with van der Waals surface area (Å²) in [5, 5.41) is 8.03. The fraction of sp³-hybridized carbons (Fsp3) is 0.273. The van der Waals surface area contributed by atoms with Gasteiger partial charge in [0.1, 0.15) is 12.3 Å². The van der Waals surface area contributed by atoms with Gasteiger partial charge in [-0.2, -0.15) is 10.1 Å². The number of aromatic nitrogens is 2. The van der Waals surface area contributed by atoms with Crippen LogP contribution in [-0.2, 0) is 27.3 Å². The predicted molar refractivity (Wildman–Crippen MR) is 110 cm³/mol. The molecular weight excluding hydrogens is 370 g/mol. The van der Waals surface area contributed by atoms with E-state index in [2.05, 4.69) is 29.0 Å². The second kappa shape index (κ2) is 9.14. The third kappa shape index (κ3) is 5.07. The first-order valence-corrected chi connectivity index (χ1v) is 9.30. The molecule has 3 aromatic rings. The maximum absolute atomic E-state index is 12.2. The first-order valence-electron chi connectivity index (χ1n) is 9.30. The average molecular weight is 393 g/mol. The van der Waals surface area contributed by atoms with E-state index in [1.54, 1.807) is 6.20 Å². The third-order valence-corrected chi connectivity index (χ3v) is 4.49. The molecule has 2 aromatic carbocycles. The SMILES string of the molecule is COC(=O)C(Cc1cc(C(C)C)c2[nH]ncc2c1)=NC(=O)OCc1ccccc1. The van der Waals surface area contributed by atoms with Gasteiger partial charge in [-0.15, -0.1) is 0 Å². The van der Waals surface area contributed by atoms with Gasteiger partial charge in [-0.1, -0.05) is 50.2 Å². The molecule has 150 valence electrons. The Bertz CT molecular complexity index is 1040. The number of rotatable bonds is 6. The third-order valence-electron chi connectivity index (χ3n) is 4.49. The Morgan fingerprint density at radius 2 is 1.90 bits per heavy atom. The molecule has 0 aliphatic heterocycles. The molecule has 0 saturated heterocycles. The number of ether oxygens (including phenoxy) is 2. The van der Waals surface area contributed by atoms with Crippen LogP contribution in [0.1, 0.15) is 36.5 Å². The van der Waals surface area contributed by atoms with Crippen LogP contribution in [0.4, 0.5) is 4.79 Å². The number of amides is 1. The van der Waals surface area contributed by atoms with Crippen molar-refractivity contribution in [1.82, 2.24) is 10.2 Å². The van der Waals surface area contributed by atoms with Crippen molar-refractivity contribution in [3.05, 3.63) is 65.4 Å². The maximum Gasteiger partial charge on any atom is 0.434 e. The highest BCUT2D eigenvalue weighted by molar-refractivity contribution is 6.38. The van der Waals surface area contributed by atoms with Gasteiger partial charge in [-0.05, 0) is 28.7 Å². The molecule has 0 saturated carbocycles. The van der Waals surface area contributed by atoms with Gasteiger partial charge in [0, 0.05) is 11.8 Å². The number of hydrogen-bond acceptors (Lipinski definition) is 5. The van der Waals surface area contributed by atoms with Gasteiger partial charge in [0.25, 0.3) is 0 Å². The number of nitrogens with zero attached hydrogens (tertiary/aromatic N) is 2. The van der Waals surface area contributed by atoms with Crippen molar-refractivity contribution in [2.45, 2.75) is 32.8 Å². The van der Waals surface area contributed by atoms with Crippen molar-refractivity contribution in [1.29, 1.82) is 0 Å². The molecule has 0 unspecified atom stereocenters. The number of fused-ring (bicyclic) bond motifs is 1. The van der Waals surface area contributed by atoms with Gasteiger partial charge in [0.05, 0.1) is 18.8 Å². The Hall–Kier alpha value is -3.48. The topological polar surface area (TPSA) is 93.6 Å². The molecule has 1 aromatic heterocycles. The van der Waals surface area contributed by atoms with E-state index in [0.29, 0.717) is 0 Å². The molecule has 7 heteroatoms. The van der Waals surface area contributed by atoms with Gasteiger partial charge in [0.15, 0.2) is 0 Å². The molecule has 0 aliphatic rings. The molecule has 1 N–H and O–H groups in total. The van der Waals surface area contributed by atoms with Gasteiger partial charge < -0.3 is 9.47 Å². The average Bonchev–Trinajstić information content (AvgIpc) is 3.19. The standard InChI is InChI=1S/C22H23N3O4/c1-14(2)18-10-16(9-17-12-23-25-20(17)18)11-19(21(26)28-3)24-22(27)29-13-15-7-5-4-6-8-15/h4-10,12,14H,11,13H2,1-3H3,(H,23,25). The van der Waals surface area contributed by atoms with Gasteiger partial charge in [-0.3, -0.25) is 5.10 Å². The molecule has 3 rings (SSSR count). The Labute approximate surface area is 168 Å². The minimum atomic E-state index is -0.831. The summed E-state index contributed by atoms with van der Waals surface area (Å²) in [6, 6.07) is 13.2. The summed E-state index contributed by atoms with van der Waals surface area (Å²) in [7, 11) is 1.26. The zero-order chi connectivity index (χ0) is 20.8. The Morgan fingerprint density at radius 3 is 2.59 bits per heavy atom. The minimum absolute atomic E-state index is 0.0110. The summed E-state index contributed by atoms with van der Waals surface area (Å²) >= 11 is 0. The summed E-state index contributed by atoms with van der Waals surface area (Å²) in [4.78, 5) is 28.2. The molecule has 0 fully saturated rings. The molecule has 1 heterocycles. The van der Waals surface area contributed by atoms with E-state index < -0.39 is 12.1 Å². The number of H-pyrrole nitrogens is 1. The van der Waals surface area contributed by atoms with Crippen LogP contribution in [-0.4, -0.2) is 35.1 Å². The molecule has 0 bridgehead atoms. The van der Waals surface area contributed by atoms with Gasteiger partial charge >= 0.3 is 12.1 Å². The Morgan fingerprint density at radius 1 is 1.14 bits per heavy atom. The fourth-order valence-corrected chi connectivity index (χ4v) is 3.04. The second-order valence-corrected chi connectivity index (χ2v) is 6.94. The lowest BCUT2D eigenvalue weighted by Gasteiger charge is -2.11. The van der Waals surface area contributed by atoms with Crippen LogP contribution in [0.5, 0.6) is 0 Å². The largest absolute Gasteiger partial charge is 0.465 e. The van der Waals surface area contributed by atoms with Crippen LogP contribution in [0.2, 0.25) is 0 Å². The number of aliphatic imine (C=N–C) groups is 1. The summed E-state index contributed by atoms with van der Waals surface area (Å²) in [5.41, 5.74) is 3.70. The lowest BCUT2D eigenvalue weighted by atomic mass is 9.96. The highest BCUT2D eigenvalue weighted by Gasteiger charge is 2.18. The van der Waals surface area contributed by atoms with Crippen LogP contribution >= 0.6 is 0 Å². The first kappa shape index (κ1) is 20.3. The smallest absolute Gasteiger partial charge is 0.434 e. The molecule has 1 amide bonds. The van der Waals surface area contributed by atoms with Crippen LogP contribution in [0.15, 0.2) is 53.7 Å². The minimum Gasteiger partial charge on any atom is -0.465 e. The van der Waals surface area contributed by atoms with Crippen molar-refractivity contribution in [3.63, 3.8) is 0 Å². The molecule has 0 aliphatic carbocycles. The number of aromatic amines is 1. The quantitative estimate of drug-likeness (QED) is 0.501. The van der Waals surface area contributed by atoms with Crippen molar-refractivity contribution >= 4 is 28.7 Å². The van der Waals surface area contributed by atoms with Crippen molar-refractivity contribution in [2.75, 3.05) is 7.11 Å². The maximum atomic E-state index is 12.2. The number of benzene rings is 2.